The highest BCUT2D eigenvalue weighted by atomic mass is 15.1. The number of aromatic nitrogens is 1. The van der Waals surface area contributed by atoms with Gasteiger partial charge in [0.2, 0.25) is 0 Å². The van der Waals surface area contributed by atoms with Crippen LogP contribution >= 0.6 is 0 Å². The Morgan fingerprint density at radius 3 is 1.38 bits per heavy atom. The molecule has 1 heterocycles. The van der Waals surface area contributed by atoms with Gasteiger partial charge in [0.1, 0.15) is 0 Å². The lowest BCUT2D eigenvalue weighted by atomic mass is 9.96. The molecule has 0 N–H and O–H groups in total. The quantitative estimate of drug-likeness (QED) is 0.150. The minimum Gasteiger partial charge on any atom is -0.310 e. The second-order valence-electron chi connectivity index (χ2n) is 15.4. The molecule has 2 heteroatoms. The molecule has 0 aliphatic carbocycles. The number of fused-ring (bicyclic) bond motifs is 4. The van der Waals surface area contributed by atoms with Crippen LogP contribution in [0.4, 0.5) is 17.1 Å². The van der Waals surface area contributed by atoms with Crippen LogP contribution in [0, 0.1) is 0 Å². The van der Waals surface area contributed by atoms with Crippen molar-refractivity contribution in [2.45, 2.75) is 0 Å². The van der Waals surface area contributed by atoms with Crippen molar-refractivity contribution in [1.82, 2.24) is 4.57 Å². The summed E-state index contributed by atoms with van der Waals surface area (Å²) in [6.07, 6.45) is 0. The zero-order chi connectivity index (χ0) is 39.8. The van der Waals surface area contributed by atoms with E-state index in [1.807, 2.05) is 0 Å². The molecule has 0 aliphatic rings. The molecule has 0 aliphatic heterocycles. The summed E-state index contributed by atoms with van der Waals surface area (Å²) in [5.74, 6) is 0. The molecule has 0 bridgehead atoms. The van der Waals surface area contributed by atoms with Crippen molar-refractivity contribution in [1.29, 1.82) is 0 Å². The zero-order valence-corrected chi connectivity index (χ0v) is 33.0. The molecule has 1 aromatic heterocycles. The standard InChI is InChI=1S/C58H40N2/c1-3-15-41(16-4-1)43-29-33-49(34-30-43)59(50-35-31-45(32-36-50)54-26-14-20-44-19-7-8-23-53(44)54)52-39-47(42-17-5-2-6-18-42)37-48(40-52)46-21-13-22-51(38-46)60-57-27-11-9-24-55(57)56-25-10-12-28-58(56)60/h1-40H. The van der Waals surface area contributed by atoms with E-state index < -0.39 is 0 Å². The van der Waals surface area contributed by atoms with Crippen molar-refractivity contribution in [2.75, 3.05) is 4.90 Å². The van der Waals surface area contributed by atoms with E-state index in [9.17, 15) is 0 Å². The molecule has 0 spiro atoms. The fraction of sp³-hybridized carbons (Fsp3) is 0. The van der Waals surface area contributed by atoms with E-state index in [-0.39, 0.29) is 0 Å². The van der Waals surface area contributed by atoms with Crippen molar-refractivity contribution >= 4 is 49.6 Å². The fourth-order valence-corrected chi connectivity index (χ4v) is 8.88. The summed E-state index contributed by atoms with van der Waals surface area (Å²) in [4.78, 5) is 2.40. The molecule has 0 unspecified atom stereocenters. The SMILES string of the molecule is c1ccc(-c2ccc(N(c3ccc(-c4cccc5ccccc45)cc3)c3cc(-c4ccccc4)cc(-c4cccc(-n5c6ccccc6c6ccccc65)c4)c3)cc2)cc1. The van der Waals surface area contributed by atoms with Gasteiger partial charge in [-0.2, -0.15) is 0 Å². The first kappa shape index (κ1) is 35.2. The Labute approximate surface area is 350 Å². The molecule has 0 saturated carbocycles. The number of para-hydroxylation sites is 2. The lowest BCUT2D eigenvalue weighted by Gasteiger charge is -2.27. The molecule has 0 atom stereocenters. The predicted octanol–water partition coefficient (Wildman–Crippen LogP) is 16.1. The average Bonchev–Trinajstić information content (AvgIpc) is 3.67. The van der Waals surface area contributed by atoms with E-state index in [4.69, 9.17) is 0 Å². The fourth-order valence-electron chi connectivity index (χ4n) is 8.88. The molecule has 10 aromatic carbocycles. The Morgan fingerprint density at radius 1 is 0.267 bits per heavy atom. The molecule has 60 heavy (non-hydrogen) atoms. The van der Waals surface area contributed by atoms with E-state index in [2.05, 4.69) is 252 Å². The van der Waals surface area contributed by atoms with E-state index in [0.29, 0.717) is 0 Å². The van der Waals surface area contributed by atoms with Gasteiger partial charge in [-0.1, -0.05) is 176 Å². The van der Waals surface area contributed by atoms with Crippen molar-refractivity contribution < 1.29 is 0 Å². The maximum Gasteiger partial charge on any atom is 0.0541 e. The monoisotopic (exact) mass is 764 g/mol. The third-order valence-electron chi connectivity index (χ3n) is 11.8. The number of rotatable bonds is 8. The Bertz CT molecular complexity index is 3230. The number of hydrogen-bond donors (Lipinski definition) is 0. The van der Waals surface area contributed by atoms with Crippen molar-refractivity contribution in [3.63, 3.8) is 0 Å². The van der Waals surface area contributed by atoms with Crippen LogP contribution in [0.15, 0.2) is 243 Å². The van der Waals surface area contributed by atoms with Crippen LogP contribution < -0.4 is 4.90 Å². The van der Waals surface area contributed by atoms with Crippen LogP contribution in [0.1, 0.15) is 0 Å². The van der Waals surface area contributed by atoms with Gasteiger partial charge in [0, 0.05) is 33.5 Å². The first-order chi connectivity index (χ1) is 29.7. The summed E-state index contributed by atoms with van der Waals surface area (Å²) in [6, 6.07) is 88.0. The van der Waals surface area contributed by atoms with Gasteiger partial charge in [0.15, 0.2) is 0 Å². The van der Waals surface area contributed by atoms with E-state index in [1.54, 1.807) is 0 Å². The van der Waals surface area contributed by atoms with Crippen molar-refractivity contribution in [3.05, 3.63) is 243 Å². The molecule has 0 radical (unpaired) electrons. The minimum atomic E-state index is 1.08. The third-order valence-corrected chi connectivity index (χ3v) is 11.8. The van der Waals surface area contributed by atoms with E-state index >= 15 is 0 Å². The van der Waals surface area contributed by atoms with Crippen LogP contribution in [0.25, 0.3) is 82.8 Å². The summed E-state index contributed by atoms with van der Waals surface area (Å²) in [5, 5.41) is 5.01. The molecular formula is C58H40N2. The highest BCUT2D eigenvalue weighted by Gasteiger charge is 2.18. The Balaban J connectivity index is 1.08. The van der Waals surface area contributed by atoms with Gasteiger partial charge in [-0.15, -0.1) is 0 Å². The molecule has 2 nitrogen and oxygen atoms in total. The number of nitrogens with zero attached hydrogens (tertiary/aromatic N) is 2. The minimum absolute atomic E-state index is 1.08. The van der Waals surface area contributed by atoms with Crippen LogP contribution in [0.3, 0.4) is 0 Å². The normalized spacial score (nSPS) is 11.3. The first-order valence-electron chi connectivity index (χ1n) is 20.6. The van der Waals surface area contributed by atoms with Crippen molar-refractivity contribution in [2.24, 2.45) is 0 Å². The maximum absolute atomic E-state index is 2.40. The van der Waals surface area contributed by atoms with Gasteiger partial charge >= 0.3 is 0 Å². The second-order valence-corrected chi connectivity index (χ2v) is 15.4. The zero-order valence-electron chi connectivity index (χ0n) is 33.0. The maximum atomic E-state index is 2.40. The number of hydrogen-bond acceptors (Lipinski definition) is 1. The predicted molar refractivity (Wildman–Crippen MR) is 255 cm³/mol. The van der Waals surface area contributed by atoms with Crippen LogP contribution in [0.5, 0.6) is 0 Å². The highest BCUT2D eigenvalue weighted by molar-refractivity contribution is 6.09. The highest BCUT2D eigenvalue weighted by Crippen LogP contribution is 2.42. The number of benzene rings is 10. The Kier molecular flexibility index (Phi) is 8.87. The summed E-state index contributed by atoms with van der Waals surface area (Å²) in [7, 11) is 0. The van der Waals surface area contributed by atoms with Gasteiger partial charge in [0.05, 0.1) is 11.0 Å². The van der Waals surface area contributed by atoms with E-state index in [1.165, 1.54) is 60.4 Å². The van der Waals surface area contributed by atoms with Gasteiger partial charge in [-0.05, 0) is 122 Å². The molecular weight excluding hydrogens is 725 g/mol. The summed E-state index contributed by atoms with van der Waals surface area (Å²) in [5.41, 5.74) is 16.2. The van der Waals surface area contributed by atoms with Gasteiger partial charge < -0.3 is 9.47 Å². The van der Waals surface area contributed by atoms with Crippen LogP contribution in [-0.2, 0) is 0 Å². The average molecular weight is 765 g/mol. The van der Waals surface area contributed by atoms with E-state index in [0.717, 1.165) is 39.4 Å². The van der Waals surface area contributed by atoms with Crippen LogP contribution in [0.2, 0.25) is 0 Å². The Morgan fingerprint density at radius 2 is 0.733 bits per heavy atom. The van der Waals surface area contributed by atoms with Crippen molar-refractivity contribution in [3.8, 4) is 50.2 Å². The number of anilines is 3. The van der Waals surface area contributed by atoms with Gasteiger partial charge in [-0.3, -0.25) is 0 Å². The second kappa shape index (κ2) is 15.1. The van der Waals surface area contributed by atoms with Gasteiger partial charge in [0.25, 0.3) is 0 Å². The third kappa shape index (κ3) is 6.41. The van der Waals surface area contributed by atoms with Gasteiger partial charge in [-0.25, -0.2) is 0 Å². The molecule has 0 amide bonds. The molecule has 282 valence electrons. The lowest BCUT2D eigenvalue weighted by molar-refractivity contribution is 1.18. The molecule has 0 saturated heterocycles. The first-order valence-corrected chi connectivity index (χ1v) is 20.6. The summed E-state index contributed by atoms with van der Waals surface area (Å²) < 4.78 is 2.40. The van der Waals surface area contributed by atoms with Crippen LogP contribution in [-0.4, -0.2) is 4.57 Å². The summed E-state index contributed by atoms with van der Waals surface area (Å²) >= 11 is 0. The largest absolute Gasteiger partial charge is 0.310 e. The smallest absolute Gasteiger partial charge is 0.0541 e. The topological polar surface area (TPSA) is 8.17 Å². The molecule has 0 fully saturated rings. The summed E-state index contributed by atoms with van der Waals surface area (Å²) in [6.45, 7) is 0. The lowest BCUT2D eigenvalue weighted by Crippen LogP contribution is -2.10. The molecule has 11 aromatic rings. The molecule has 11 rings (SSSR count). The Hall–Kier alpha value is -7.94.